The molecule has 2 aromatic carbocycles. The minimum absolute atomic E-state index is 0.0313. The standard InChI is InChI=1S/C34H33N7O/c1-3-21-6-4-7-23(14-21)27-8-5-9-30-28(27)17-31(38-30)32-29-16-25(19-36-33(29)40-39-32)24-15-26(20-35-18-24)37-34(42)22-10-12-41(2)13-11-22/h4-9,14-20,22,38H,3,10-13H2,1-2H3,(H,37,42)(H,36,39,40). The fourth-order valence-electron chi connectivity index (χ4n) is 5.94. The van der Waals surface area contributed by atoms with E-state index in [-0.39, 0.29) is 11.8 Å². The summed E-state index contributed by atoms with van der Waals surface area (Å²) >= 11 is 0. The molecule has 1 fully saturated rings. The van der Waals surface area contributed by atoms with Crippen LogP contribution in [0, 0.1) is 5.92 Å². The van der Waals surface area contributed by atoms with Gasteiger partial charge in [-0.15, -0.1) is 0 Å². The van der Waals surface area contributed by atoms with Crippen LogP contribution in [0.25, 0.3) is 55.6 Å². The predicted molar refractivity (Wildman–Crippen MR) is 168 cm³/mol. The van der Waals surface area contributed by atoms with Crippen molar-refractivity contribution in [1.29, 1.82) is 0 Å². The van der Waals surface area contributed by atoms with Crippen molar-refractivity contribution >= 4 is 33.5 Å². The molecule has 4 aromatic heterocycles. The number of aromatic amines is 2. The number of likely N-dealkylation sites (tertiary alicyclic amines) is 1. The van der Waals surface area contributed by atoms with Gasteiger partial charge in [-0.05, 0) is 80.4 Å². The molecule has 7 rings (SSSR count). The van der Waals surface area contributed by atoms with Crippen molar-refractivity contribution in [2.24, 2.45) is 5.92 Å². The Hall–Kier alpha value is -4.82. The summed E-state index contributed by atoms with van der Waals surface area (Å²) in [5.74, 6) is 0.0936. The highest BCUT2D eigenvalue weighted by Crippen LogP contribution is 2.35. The van der Waals surface area contributed by atoms with Gasteiger partial charge in [-0.2, -0.15) is 5.10 Å². The van der Waals surface area contributed by atoms with Crippen LogP contribution in [-0.4, -0.2) is 56.1 Å². The van der Waals surface area contributed by atoms with Gasteiger partial charge in [0.05, 0.1) is 17.6 Å². The molecule has 0 saturated carbocycles. The number of hydrogen-bond acceptors (Lipinski definition) is 5. The van der Waals surface area contributed by atoms with E-state index >= 15 is 0 Å². The van der Waals surface area contributed by atoms with Crippen LogP contribution in [0.2, 0.25) is 0 Å². The smallest absolute Gasteiger partial charge is 0.227 e. The van der Waals surface area contributed by atoms with Crippen molar-refractivity contribution < 1.29 is 4.79 Å². The van der Waals surface area contributed by atoms with Gasteiger partial charge in [0.1, 0.15) is 5.69 Å². The van der Waals surface area contributed by atoms with Crippen LogP contribution in [0.5, 0.6) is 0 Å². The van der Waals surface area contributed by atoms with Crippen LogP contribution in [0.1, 0.15) is 25.3 Å². The molecule has 0 spiro atoms. The number of anilines is 1. The van der Waals surface area contributed by atoms with E-state index < -0.39 is 0 Å². The maximum absolute atomic E-state index is 12.9. The summed E-state index contributed by atoms with van der Waals surface area (Å²) in [5.41, 5.74) is 9.69. The fraction of sp³-hybridized carbons (Fsp3) is 0.235. The summed E-state index contributed by atoms with van der Waals surface area (Å²) < 4.78 is 0. The van der Waals surface area contributed by atoms with Gasteiger partial charge in [0.25, 0.3) is 0 Å². The predicted octanol–water partition coefficient (Wildman–Crippen LogP) is 6.68. The fourth-order valence-corrected chi connectivity index (χ4v) is 5.94. The summed E-state index contributed by atoms with van der Waals surface area (Å²) in [4.78, 5) is 27.8. The summed E-state index contributed by atoms with van der Waals surface area (Å²) in [6, 6.07) is 21.3. The van der Waals surface area contributed by atoms with Gasteiger partial charge in [-0.1, -0.05) is 43.3 Å². The number of amides is 1. The van der Waals surface area contributed by atoms with Crippen LogP contribution in [0.15, 0.2) is 79.3 Å². The van der Waals surface area contributed by atoms with Crippen LogP contribution in [-0.2, 0) is 11.2 Å². The van der Waals surface area contributed by atoms with E-state index in [1.54, 1.807) is 12.4 Å². The van der Waals surface area contributed by atoms with Crippen molar-refractivity contribution in [2.45, 2.75) is 26.2 Å². The summed E-state index contributed by atoms with van der Waals surface area (Å²) in [6.07, 6.45) is 8.06. The van der Waals surface area contributed by atoms with Gasteiger partial charge < -0.3 is 15.2 Å². The Bertz CT molecular complexity index is 1910. The number of H-pyrrole nitrogens is 2. The molecule has 1 aliphatic heterocycles. The van der Waals surface area contributed by atoms with Gasteiger partial charge in [0.15, 0.2) is 5.65 Å². The lowest BCUT2D eigenvalue weighted by molar-refractivity contribution is -0.121. The lowest BCUT2D eigenvalue weighted by Crippen LogP contribution is -2.35. The van der Waals surface area contributed by atoms with E-state index in [4.69, 9.17) is 0 Å². The minimum Gasteiger partial charge on any atom is -0.353 e. The molecular formula is C34H33N7O. The molecule has 0 aliphatic carbocycles. The van der Waals surface area contributed by atoms with Crippen molar-refractivity contribution in [2.75, 3.05) is 25.5 Å². The molecule has 8 nitrogen and oxygen atoms in total. The number of piperidine rings is 1. The summed E-state index contributed by atoms with van der Waals surface area (Å²) in [7, 11) is 2.10. The Morgan fingerprint density at radius 1 is 0.952 bits per heavy atom. The molecule has 210 valence electrons. The second kappa shape index (κ2) is 10.9. The van der Waals surface area contributed by atoms with Crippen LogP contribution in [0.4, 0.5) is 5.69 Å². The van der Waals surface area contributed by atoms with Crippen molar-refractivity contribution in [3.05, 3.63) is 84.8 Å². The molecule has 42 heavy (non-hydrogen) atoms. The Morgan fingerprint density at radius 3 is 2.64 bits per heavy atom. The third kappa shape index (κ3) is 4.94. The highest BCUT2D eigenvalue weighted by molar-refractivity contribution is 6.01. The zero-order valence-corrected chi connectivity index (χ0v) is 23.8. The highest BCUT2D eigenvalue weighted by Gasteiger charge is 2.23. The minimum atomic E-state index is 0.0313. The van der Waals surface area contributed by atoms with Crippen molar-refractivity contribution in [3.63, 3.8) is 0 Å². The molecule has 0 bridgehead atoms. The molecule has 1 saturated heterocycles. The number of pyridine rings is 2. The van der Waals surface area contributed by atoms with Gasteiger partial charge in [0.2, 0.25) is 5.91 Å². The molecule has 0 radical (unpaired) electrons. The normalized spacial score (nSPS) is 14.5. The zero-order chi connectivity index (χ0) is 28.6. The molecule has 5 heterocycles. The van der Waals surface area contributed by atoms with Crippen LogP contribution >= 0.6 is 0 Å². The second-order valence-electron chi connectivity index (χ2n) is 11.2. The number of nitrogens with zero attached hydrogens (tertiary/aromatic N) is 4. The van der Waals surface area contributed by atoms with E-state index in [0.29, 0.717) is 11.3 Å². The third-order valence-electron chi connectivity index (χ3n) is 8.41. The SMILES string of the molecule is CCc1cccc(-c2cccc3[nH]c(-c4n[nH]c5ncc(-c6cncc(NC(=O)C7CCN(C)CC7)c6)cc45)cc23)c1. The molecule has 0 unspecified atom stereocenters. The number of carbonyl (C=O) groups is 1. The number of benzene rings is 2. The van der Waals surface area contributed by atoms with Crippen molar-refractivity contribution in [3.8, 4) is 33.6 Å². The average Bonchev–Trinajstić information content (AvgIpc) is 3.65. The van der Waals surface area contributed by atoms with Gasteiger partial charge in [-0.3, -0.25) is 14.9 Å². The average molecular weight is 556 g/mol. The monoisotopic (exact) mass is 555 g/mol. The molecule has 1 aliphatic rings. The van der Waals surface area contributed by atoms with Crippen molar-refractivity contribution in [1.82, 2.24) is 30.0 Å². The maximum atomic E-state index is 12.9. The zero-order valence-electron chi connectivity index (χ0n) is 23.8. The summed E-state index contributed by atoms with van der Waals surface area (Å²) in [5, 5.41) is 12.9. The van der Waals surface area contributed by atoms with E-state index in [2.05, 4.69) is 104 Å². The first kappa shape index (κ1) is 26.1. The Balaban J connectivity index is 1.20. The number of fused-ring (bicyclic) bond motifs is 2. The Kier molecular flexibility index (Phi) is 6.76. The molecule has 8 heteroatoms. The van der Waals surface area contributed by atoms with E-state index in [1.807, 2.05) is 12.3 Å². The number of hydrogen-bond donors (Lipinski definition) is 3. The van der Waals surface area contributed by atoms with Gasteiger partial charge >= 0.3 is 0 Å². The first-order valence-corrected chi connectivity index (χ1v) is 14.6. The van der Waals surface area contributed by atoms with E-state index in [0.717, 1.165) is 71.2 Å². The van der Waals surface area contributed by atoms with E-state index in [9.17, 15) is 4.79 Å². The largest absolute Gasteiger partial charge is 0.353 e. The molecule has 1 amide bonds. The number of aromatic nitrogens is 5. The lowest BCUT2D eigenvalue weighted by Gasteiger charge is -2.28. The van der Waals surface area contributed by atoms with Crippen LogP contribution in [0.3, 0.4) is 0 Å². The molecule has 6 aromatic rings. The Labute approximate surface area is 244 Å². The maximum Gasteiger partial charge on any atom is 0.227 e. The Morgan fingerprint density at radius 2 is 1.79 bits per heavy atom. The third-order valence-corrected chi connectivity index (χ3v) is 8.41. The second-order valence-corrected chi connectivity index (χ2v) is 11.2. The molecule has 3 N–H and O–H groups in total. The van der Waals surface area contributed by atoms with Gasteiger partial charge in [-0.25, -0.2) is 4.98 Å². The van der Waals surface area contributed by atoms with Gasteiger partial charge in [0, 0.05) is 45.7 Å². The number of rotatable bonds is 6. The first-order chi connectivity index (χ1) is 20.6. The first-order valence-electron chi connectivity index (χ1n) is 14.6. The quantitative estimate of drug-likeness (QED) is 0.213. The summed E-state index contributed by atoms with van der Waals surface area (Å²) in [6.45, 7) is 4.07. The van der Waals surface area contributed by atoms with Crippen LogP contribution < -0.4 is 5.32 Å². The number of aryl methyl sites for hydroxylation is 1. The molecular weight excluding hydrogens is 522 g/mol. The topological polar surface area (TPSA) is 103 Å². The van der Waals surface area contributed by atoms with E-state index in [1.165, 1.54) is 16.7 Å². The number of nitrogens with one attached hydrogen (secondary N) is 3. The highest BCUT2D eigenvalue weighted by atomic mass is 16.1. The number of carbonyl (C=O) groups excluding carboxylic acids is 1. The molecule has 0 atom stereocenters. The lowest BCUT2D eigenvalue weighted by atomic mass is 9.96.